The lowest BCUT2D eigenvalue weighted by Crippen LogP contribution is -2.17. The van der Waals surface area contributed by atoms with E-state index in [0.29, 0.717) is 16.7 Å². The molecule has 3 aromatic carbocycles. The third kappa shape index (κ3) is 8.30. The quantitative estimate of drug-likeness (QED) is 0.123. The van der Waals surface area contributed by atoms with Gasteiger partial charge in [0.2, 0.25) is 0 Å². The van der Waals surface area contributed by atoms with Crippen LogP contribution in [0.15, 0.2) is 94.2 Å². The molecule has 0 aliphatic carbocycles. The van der Waals surface area contributed by atoms with Gasteiger partial charge in [0.15, 0.2) is 11.0 Å². The molecule has 0 atom stereocenters. The molecular weight excluding hydrogens is 605 g/mol. The monoisotopic (exact) mass is 628 g/mol. The SMILES string of the molecule is Cc1cccc(C)c1N=C(N/N=C\c1ccc(-c2ncn(-c3ccc(OC(F)(F)F)cc3)n2)cc1)SCC=CBr. The number of hydrogen-bond acceptors (Lipinski definition) is 6. The van der Waals surface area contributed by atoms with Crippen LogP contribution < -0.4 is 10.2 Å². The number of aryl methyl sites for hydroxylation is 2. The van der Waals surface area contributed by atoms with Crippen LogP contribution in [0.5, 0.6) is 5.75 Å². The molecule has 0 saturated heterocycles. The van der Waals surface area contributed by atoms with Gasteiger partial charge < -0.3 is 4.74 Å². The number of hydrogen-bond donors (Lipinski definition) is 1. The summed E-state index contributed by atoms with van der Waals surface area (Å²) in [7, 11) is 0. The first-order valence-corrected chi connectivity index (χ1v) is 13.8. The normalized spacial score (nSPS) is 12.4. The van der Waals surface area contributed by atoms with Crippen molar-refractivity contribution in [3.8, 4) is 22.8 Å². The molecular formula is C28H24BrF3N6OS. The average molecular weight is 630 g/mol. The smallest absolute Gasteiger partial charge is 0.406 e. The maximum Gasteiger partial charge on any atom is 0.573 e. The number of amidine groups is 1. The number of rotatable bonds is 8. The minimum atomic E-state index is -4.74. The Morgan fingerprint density at radius 3 is 2.40 bits per heavy atom. The number of para-hydroxylation sites is 1. The Morgan fingerprint density at radius 1 is 1.05 bits per heavy atom. The molecule has 0 saturated carbocycles. The van der Waals surface area contributed by atoms with E-state index >= 15 is 0 Å². The molecule has 1 N–H and O–H groups in total. The first-order chi connectivity index (χ1) is 19.2. The Morgan fingerprint density at radius 2 is 1.75 bits per heavy atom. The zero-order valence-electron chi connectivity index (χ0n) is 21.4. The Bertz CT molecular complexity index is 1500. The summed E-state index contributed by atoms with van der Waals surface area (Å²) >= 11 is 4.82. The lowest BCUT2D eigenvalue weighted by molar-refractivity contribution is -0.274. The van der Waals surface area contributed by atoms with Gasteiger partial charge in [-0.2, -0.15) is 5.10 Å². The van der Waals surface area contributed by atoms with Gasteiger partial charge in [-0.25, -0.2) is 14.7 Å². The van der Waals surface area contributed by atoms with Gasteiger partial charge in [-0.15, -0.1) is 18.3 Å². The molecule has 4 rings (SSSR count). The predicted octanol–water partition coefficient (Wildman–Crippen LogP) is 7.70. The number of aromatic nitrogens is 3. The van der Waals surface area contributed by atoms with Crippen molar-refractivity contribution in [3.05, 3.63) is 101 Å². The van der Waals surface area contributed by atoms with Crippen molar-refractivity contribution in [2.45, 2.75) is 20.2 Å². The number of ether oxygens (including phenoxy) is 1. The van der Waals surface area contributed by atoms with Crippen LogP contribution in [0.1, 0.15) is 16.7 Å². The number of thioether (sulfide) groups is 1. The Balaban J connectivity index is 1.42. The van der Waals surface area contributed by atoms with Gasteiger partial charge >= 0.3 is 6.36 Å². The third-order valence-corrected chi connectivity index (χ3v) is 6.62. The molecule has 40 heavy (non-hydrogen) atoms. The van der Waals surface area contributed by atoms with E-state index in [9.17, 15) is 13.2 Å². The second-order valence-corrected chi connectivity index (χ2v) is 9.91. The van der Waals surface area contributed by atoms with Gasteiger partial charge in [0, 0.05) is 11.3 Å². The summed E-state index contributed by atoms with van der Waals surface area (Å²) in [5.41, 5.74) is 8.30. The molecule has 206 valence electrons. The molecule has 0 aliphatic heterocycles. The highest BCUT2D eigenvalue weighted by Gasteiger charge is 2.31. The van der Waals surface area contributed by atoms with E-state index in [1.54, 1.807) is 6.21 Å². The zero-order chi connectivity index (χ0) is 28.5. The Kier molecular flexibility index (Phi) is 9.78. The third-order valence-electron chi connectivity index (χ3n) is 5.43. The largest absolute Gasteiger partial charge is 0.573 e. The molecule has 0 spiro atoms. The molecule has 1 heterocycles. The van der Waals surface area contributed by atoms with Crippen LogP contribution in [0.4, 0.5) is 18.9 Å². The molecule has 4 aromatic rings. The van der Waals surface area contributed by atoms with Crippen LogP contribution in [0.3, 0.4) is 0 Å². The van der Waals surface area contributed by atoms with Crippen molar-refractivity contribution in [3.63, 3.8) is 0 Å². The van der Waals surface area contributed by atoms with Gasteiger partial charge in [-0.05, 0) is 59.8 Å². The lowest BCUT2D eigenvalue weighted by Gasteiger charge is -2.09. The van der Waals surface area contributed by atoms with Crippen LogP contribution >= 0.6 is 27.7 Å². The molecule has 7 nitrogen and oxygen atoms in total. The summed E-state index contributed by atoms with van der Waals surface area (Å²) < 4.78 is 42.5. The molecule has 0 bridgehead atoms. The number of aliphatic imine (C=N–C) groups is 1. The number of nitrogens with zero attached hydrogens (tertiary/aromatic N) is 5. The van der Waals surface area contributed by atoms with E-state index in [-0.39, 0.29) is 5.75 Å². The van der Waals surface area contributed by atoms with Crippen molar-refractivity contribution in [2.24, 2.45) is 10.1 Å². The first-order valence-electron chi connectivity index (χ1n) is 11.9. The van der Waals surface area contributed by atoms with Gasteiger partial charge in [0.25, 0.3) is 0 Å². The fraction of sp³-hybridized carbons (Fsp3) is 0.143. The molecule has 1 aromatic heterocycles. The van der Waals surface area contributed by atoms with Gasteiger partial charge in [-0.1, -0.05) is 76.2 Å². The summed E-state index contributed by atoms with van der Waals surface area (Å²) in [5.74, 6) is 0.884. The first kappa shape index (κ1) is 29.1. The van der Waals surface area contributed by atoms with E-state index in [0.717, 1.165) is 33.7 Å². The summed E-state index contributed by atoms with van der Waals surface area (Å²) in [4.78, 5) is 10.9. The van der Waals surface area contributed by atoms with Crippen molar-refractivity contribution >= 4 is 44.8 Å². The minimum absolute atomic E-state index is 0.304. The number of halogens is 4. The van der Waals surface area contributed by atoms with Gasteiger partial charge in [0.05, 0.1) is 17.6 Å². The van der Waals surface area contributed by atoms with E-state index in [4.69, 9.17) is 4.99 Å². The molecule has 0 aliphatic rings. The molecule has 0 radical (unpaired) electrons. The Labute approximate surface area is 242 Å². The minimum Gasteiger partial charge on any atom is -0.406 e. The topological polar surface area (TPSA) is 76.7 Å². The van der Waals surface area contributed by atoms with E-state index in [1.165, 1.54) is 47.0 Å². The lowest BCUT2D eigenvalue weighted by atomic mass is 10.1. The summed E-state index contributed by atoms with van der Waals surface area (Å²) in [6, 6.07) is 18.9. The van der Waals surface area contributed by atoms with Crippen molar-refractivity contribution in [1.29, 1.82) is 0 Å². The van der Waals surface area contributed by atoms with Crippen LogP contribution in [0.25, 0.3) is 17.1 Å². The fourth-order valence-corrected chi connectivity index (χ4v) is 4.59. The zero-order valence-corrected chi connectivity index (χ0v) is 23.8. The van der Waals surface area contributed by atoms with E-state index < -0.39 is 6.36 Å². The molecule has 0 unspecified atom stereocenters. The number of benzene rings is 3. The Hall–Kier alpha value is -3.90. The fourth-order valence-electron chi connectivity index (χ4n) is 3.54. The van der Waals surface area contributed by atoms with Gasteiger partial charge in [-0.3, -0.25) is 5.43 Å². The molecule has 0 amide bonds. The average Bonchev–Trinajstić information content (AvgIpc) is 3.41. The standard InChI is InChI=1S/C28H24BrF3N6OS/c1-19-5-3-6-20(2)25(19)35-27(40-16-4-15-29)36-34-17-21-7-9-22(10-8-21)26-33-18-38(37-26)23-11-13-24(14-12-23)39-28(30,31)32/h3-15,17-18H,16H2,1-2H3,(H,35,36)/b15-4?,34-17-. The van der Waals surface area contributed by atoms with Crippen molar-refractivity contribution in [1.82, 2.24) is 20.2 Å². The van der Waals surface area contributed by atoms with Crippen LogP contribution in [-0.2, 0) is 0 Å². The number of hydrazone groups is 1. The highest BCUT2D eigenvalue weighted by molar-refractivity contribution is 9.11. The van der Waals surface area contributed by atoms with E-state index in [2.05, 4.69) is 41.3 Å². The summed E-state index contributed by atoms with van der Waals surface area (Å²) in [6.45, 7) is 4.05. The second-order valence-electron chi connectivity index (χ2n) is 8.38. The van der Waals surface area contributed by atoms with Crippen LogP contribution in [0, 0.1) is 13.8 Å². The predicted molar refractivity (Wildman–Crippen MR) is 158 cm³/mol. The highest BCUT2D eigenvalue weighted by Crippen LogP contribution is 2.25. The van der Waals surface area contributed by atoms with Gasteiger partial charge in [0.1, 0.15) is 12.1 Å². The maximum atomic E-state index is 12.4. The summed E-state index contributed by atoms with van der Waals surface area (Å²) in [5, 5.41) is 9.47. The highest BCUT2D eigenvalue weighted by atomic mass is 79.9. The maximum absolute atomic E-state index is 12.4. The van der Waals surface area contributed by atoms with Crippen LogP contribution in [0.2, 0.25) is 0 Å². The number of nitrogens with one attached hydrogen (secondary N) is 1. The second kappa shape index (κ2) is 13.4. The van der Waals surface area contributed by atoms with Crippen molar-refractivity contribution < 1.29 is 17.9 Å². The van der Waals surface area contributed by atoms with Crippen molar-refractivity contribution in [2.75, 3.05) is 5.75 Å². The number of alkyl halides is 3. The molecule has 12 heteroatoms. The van der Waals surface area contributed by atoms with Crippen LogP contribution in [-0.4, -0.2) is 38.3 Å². The molecule has 0 fully saturated rings. The summed E-state index contributed by atoms with van der Waals surface area (Å²) in [6.07, 6.45) is 0.422. The van der Waals surface area contributed by atoms with E-state index in [1.807, 2.05) is 67.4 Å².